The lowest BCUT2D eigenvalue weighted by Gasteiger charge is -2.28. The maximum absolute atomic E-state index is 12.2. The minimum Gasteiger partial charge on any atom is -0.368 e. The molecule has 2 unspecified atom stereocenters. The van der Waals surface area contributed by atoms with Gasteiger partial charge >= 0.3 is 0 Å². The van der Waals surface area contributed by atoms with Crippen LogP contribution in [-0.2, 0) is 9.59 Å². The average Bonchev–Trinajstić information content (AvgIpc) is 3.10. The molecule has 5 heteroatoms. The lowest BCUT2D eigenvalue weighted by Crippen LogP contribution is -2.52. The number of nitrogens with one attached hydrogen (secondary N) is 2. The molecule has 112 valence electrons. The van der Waals surface area contributed by atoms with Crippen molar-refractivity contribution in [3.05, 3.63) is 24.6 Å². The van der Waals surface area contributed by atoms with E-state index < -0.39 is 11.9 Å². The fraction of sp³-hybridized carbons (Fsp3) is 0.600. The molecule has 0 aliphatic heterocycles. The number of carbonyl (C=O) groups excluding carboxylic acids is 2. The SMILES string of the molecule is C=CN/C=C(\C)C1C[C@@H]1C(=O)NC(C(N)=O)C(C)(C)C. The van der Waals surface area contributed by atoms with Gasteiger partial charge in [0.05, 0.1) is 0 Å². The number of rotatable bonds is 6. The lowest BCUT2D eigenvalue weighted by atomic mass is 9.86. The van der Waals surface area contributed by atoms with Crippen molar-refractivity contribution in [1.82, 2.24) is 10.6 Å². The molecule has 1 rings (SSSR count). The van der Waals surface area contributed by atoms with Crippen LogP contribution >= 0.6 is 0 Å². The van der Waals surface area contributed by atoms with Gasteiger partial charge in [-0.3, -0.25) is 9.59 Å². The van der Waals surface area contributed by atoms with Crippen molar-refractivity contribution in [3.63, 3.8) is 0 Å². The van der Waals surface area contributed by atoms with Gasteiger partial charge in [0.2, 0.25) is 11.8 Å². The molecule has 1 saturated carbocycles. The quantitative estimate of drug-likeness (QED) is 0.684. The second-order valence-electron chi connectivity index (χ2n) is 6.42. The highest BCUT2D eigenvalue weighted by Gasteiger charge is 2.45. The molecule has 1 aliphatic carbocycles. The summed E-state index contributed by atoms with van der Waals surface area (Å²) in [6, 6.07) is -0.646. The summed E-state index contributed by atoms with van der Waals surface area (Å²) in [5.74, 6) is -0.429. The lowest BCUT2D eigenvalue weighted by molar-refractivity contribution is -0.130. The van der Waals surface area contributed by atoms with E-state index in [9.17, 15) is 9.59 Å². The summed E-state index contributed by atoms with van der Waals surface area (Å²) in [5, 5.41) is 5.69. The molecular weight excluding hydrogens is 254 g/mol. The maximum atomic E-state index is 12.2. The van der Waals surface area contributed by atoms with Crippen LogP contribution in [0, 0.1) is 17.3 Å². The van der Waals surface area contributed by atoms with Crippen LogP contribution in [-0.4, -0.2) is 17.9 Å². The Morgan fingerprint density at radius 3 is 2.40 bits per heavy atom. The maximum Gasteiger partial charge on any atom is 0.240 e. The van der Waals surface area contributed by atoms with Crippen molar-refractivity contribution in [3.8, 4) is 0 Å². The highest BCUT2D eigenvalue weighted by Crippen LogP contribution is 2.44. The van der Waals surface area contributed by atoms with Crippen LogP contribution in [0.15, 0.2) is 24.6 Å². The molecule has 3 atom stereocenters. The van der Waals surface area contributed by atoms with Crippen LogP contribution in [0.2, 0.25) is 0 Å². The molecule has 0 bridgehead atoms. The van der Waals surface area contributed by atoms with Gasteiger partial charge in [-0.25, -0.2) is 0 Å². The highest BCUT2D eigenvalue weighted by atomic mass is 16.2. The van der Waals surface area contributed by atoms with E-state index in [1.165, 1.54) is 0 Å². The van der Waals surface area contributed by atoms with Crippen molar-refractivity contribution in [2.24, 2.45) is 23.0 Å². The van der Waals surface area contributed by atoms with Crippen molar-refractivity contribution >= 4 is 11.8 Å². The molecule has 0 saturated heterocycles. The Bertz CT molecular complexity index is 435. The van der Waals surface area contributed by atoms with Crippen LogP contribution in [0.1, 0.15) is 34.1 Å². The van der Waals surface area contributed by atoms with E-state index >= 15 is 0 Å². The molecule has 2 amide bonds. The smallest absolute Gasteiger partial charge is 0.240 e. The van der Waals surface area contributed by atoms with E-state index in [0.29, 0.717) is 0 Å². The first-order valence-corrected chi connectivity index (χ1v) is 6.81. The van der Waals surface area contributed by atoms with E-state index in [2.05, 4.69) is 17.2 Å². The summed E-state index contributed by atoms with van der Waals surface area (Å²) in [6.45, 7) is 11.2. The third-order valence-corrected chi connectivity index (χ3v) is 3.58. The Balaban J connectivity index is 2.61. The number of allylic oxidation sites excluding steroid dienone is 1. The molecule has 0 heterocycles. The van der Waals surface area contributed by atoms with Gasteiger partial charge in [0.15, 0.2) is 0 Å². The molecular formula is C15H25N3O2. The molecule has 0 aromatic carbocycles. The van der Waals surface area contributed by atoms with Gasteiger partial charge in [-0.15, -0.1) is 0 Å². The minimum absolute atomic E-state index is 0.0675. The molecule has 0 aromatic rings. The zero-order chi connectivity index (χ0) is 15.5. The average molecular weight is 279 g/mol. The molecule has 0 aromatic heterocycles. The molecule has 20 heavy (non-hydrogen) atoms. The second kappa shape index (κ2) is 6.11. The summed E-state index contributed by atoms with van der Waals surface area (Å²) in [5.41, 5.74) is 6.09. The Morgan fingerprint density at radius 2 is 1.95 bits per heavy atom. The standard InChI is InChI=1S/C15H25N3O2/c1-6-17-8-9(2)10-7-11(10)14(20)18-12(13(16)19)15(3,4)5/h6,8,10-12,17H,1,7H2,2-5H3,(H2,16,19)(H,18,20)/b9-8+/t10?,11-,12?/m0/s1. The summed E-state index contributed by atoms with van der Waals surface area (Å²) in [7, 11) is 0. The Labute approximate surface area is 120 Å². The minimum atomic E-state index is -0.646. The first kappa shape index (κ1) is 16.3. The van der Waals surface area contributed by atoms with E-state index in [-0.39, 0.29) is 23.2 Å². The number of hydrogen-bond acceptors (Lipinski definition) is 3. The summed E-state index contributed by atoms with van der Waals surface area (Å²) in [4.78, 5) is 23.6. The second-order valence-corrected chi connectivity index (χ2v) is 6.42. The summed E-state index contributed by atoms with van der Waals surface area (Å²) in [6.07, 6.45) is 4.24. The van der Waals surface area contributed by atoms with Gasteiger partial charge in [-0.05, 0) is 37.1 Å². The van der Waals surface area contributed by atoms with Gasteiger partial charge < -0.3 is 16.4 Å². The number of amides is 2. The van der Waals surface area contributed by atoms with Crippen LogP contribution < -0.4 is 16.4 Å². The van der Waals surface area contributed by atoms with Gasteiger partial charge in [0.1, 0.15) is 6.04 Å². The number of nitrogens with two attached hydrogens (primary N) is 1. The van der Waals surface area contributed by atoms with Gasteiger partial charge in [-0.1, -0.05) is 32.9 Å². The largest absolute Gasteiger partial charge is 0.368 e. The zero-order valence-electron chi connectivity index (χ0n) is 12.7. The summed E-state index contributed by atoms with van der Waals surface area (Å²) < 4.78 is 0. The van der Waals surface area contributed by atoms with Crippen LogP contribution in [0.3, 0.4) is 0 Å². The van der Waals surface area contributed by atoms with Crippen LogP contribution in [0.25, 0.3) is 0 Å². The molecule has 0 radical (unpaired) electrons. The Kier molecular flexibility index (Phi) is 4.98. The number of hydrogen-bond donors (Lipinski definition) is 3. The van der Waals surface area contributed by atoms with E-state index in [1.807, 2.05) is 33.9 Å². The van der Waals surface area contributed by atoms with E-state index in [1.54, 1.807) is 6.20 Å². The Morgan fingerprint density at radius 1 is 1.35 bits per heavy atom. The van der Waals surface area contributed by atoms with Crippen molar-refractivity contribution < 1.29 is 9.59 Å². The van der Waals surface area contributed by atoms with Crippen molar-refractivity contribution in [2.45, 2.75) is 40.2 Å². The first-order valence-electron chi connectivity index (χ1n) is 6.81. The Hall–Kier alpha value is -1.78. The fourth-order valence-electron chi connectivity index (χ4n) is 2.25. The molecule has 1 fully saturated rings. The predicted octanol–water partition coefficient (Wildman–Crippen LogP) is 1.28. The van der Waals surface area contributed by atoms with Crippen LogP contribution in [0.4, 0.5) is 0 Å². The first-order chi connectivity index (χ1) is 9.18. The molecule has 1 aliphatic rings. The highest BCUT2D eigenvalue weighted by molar-refractivity contribution is 5.89. The van der Waals surface area contributed by atoms with Gasteiger partial charge in [-0.2, -0.15) is 0 Å². The third-order valence-electron chi connectivity index (χ3n) is 3.58. The predicted molar refractivity (Wildman–Crippen MR) is 79.3 cm³/mol. The van der Waals surface area contributed by atoms with E-state index in [0.717, 1.165) is 12.0 Å². The monoisotopic (exact) mass is 279 g/mol. The van der Waals surface area contributed by atoms with E-state index in [4.69, 9.17) is 5.73 Å². The molecule has 4 N–H and O–H groups in total. The van der Waals surface area contributed by atoms with Crippen molar-refractivity contribution in [1.29, 1.82) is 0 Å². The van der Waals surface area contributed by atoms with Gasteiger partial charge in [0, 0.05) is 5.92 Å². The zero-order valence-corrected chi connectivity index (χ0v) is 12.7. The molecule has 5 nitrogen and oxygen atoms in total. The number of carbonyl (C=O) groups is 2. The van der Waals surface area contributed by atoms with Crippen LogP contribution in [0.5, 0.6) is 0 Å². The van der Waals surface area contributed by atoms with Crippen molar-refractivity contribution in [2.75, 3.05) is 0 Å². The third kappa shape index (κ3) is 4.11. The number of primary amides is 1. The normalized spacial score (nSPS) is 23.7. The van der Waals surface area contributed by atoms with Gasteiger partial charge in [0.25, 0.3) is 0 Å². The molecule has 0 spiro atoms. The summed E-state index contributed by atoms with van der Waals surface area (Å²) >= 11 is 0. The fourth-order valence-corrected chi connectivity index (χ4v) is 2.25. The topological polar surface area (TPSA) is 84.2 Å².